The summed E-state index contributed by atoms with van der Waals surface area (Å²) in [5.41, 5.74) is 9.27. The highest BCUT2D eigenvalue weighted by molar-refractivity contribution is 6.05. The lowest BCUT2D eigenvalue weighted by atomic mass is 10.1. The third kappa shape index (κ3) is 2.09. The average Bonchev–Trinajstić information content (AvgIpc) is 3.18. The zero-order valence-corrected chi connectivity index (χ0v) is 14.6. The van der Waals surface area contributed by atoms with E-state index in [4.69, 9.17) is 4.98 Å². The number of para-hydroxylation sites is 3. The SMILES string of the molecule is C=C1c2ccc(-c3nc4ccccc4n3-c3ccccc3)c(C=CC)c21. The number of fused-ring (bicyclic) bond motifs is 2. The van der Waals surface area contributed by atoms with Gasteiger partial charge in [-0.15, -0.1) is 0 Å². The molecule has 3 aromatic carbocycles. The van der Waals surface area contributed by atoms with E-state index in [0.29, 0.717) is 0 Å². The zero-order valence-electron chi connectivity index (χ0n) is 14.6. The molecule has 4 aromatic rings. The predicted octanol–water partition coefficient (Wildman–Crippen LogP) is 6.10. The van der Waals surface area contributed by atoms with Crippen LogP contribution in [0.5, 0.6) is 0 Å². The Kier molecular flexibility index (Phi) is 3.19. The first-order valence-electron chi connectivity index (χ1n) is 8.82. The summed E-state index contributed by atoms with van der Waals surface area (Å²) in [6.07, 6.45) is 4.25. The summed E-state index contributed by atoms with van der Waals surface area (Å²) in [6, 6.07) is 23.1. The summed E-state index contributed by atoms with van der Waals surface area (Å²) < 4.78 is 2.25. The molecule has 0 spiro atoms. The maximum Gasteiger partial charge on any atom is 0.146 e. The lowest BCUT2D eigenvalue weighted by Crippen LogP contribution is -1.98. The number of hydrogen-bond donors (Lipinski definition) is 0. The molecular weight excluding hydrogens is 316 g/mol. The molecule has 1 heterocycles. The summed E-state index contributed by atoms with van der Waals surface area (Å²) in [7, 11) is 0. The molecule has 1 aliphatic rings. The predicted molar refractivity (Wildman–Crippen MR) is 109 cm³/mol. The van der Waals surface area contributed by atoms with E-state index in [-0.39, 0.29) is 0 Å². The number of rotatable bonds is 3. The lowest BCUT2D eigenvalue weighted by molar-refractivity contribution is 1.10. The summed E-state index contributed by atoms with van der Waals surface area (Å²) in [5, 5.41) is 0. The second-order valence-electron chi connectivity index (χ2n) is 6.52. The van der Waals surface area contributed by atoms with E-state index < -0.39 is 0 Å². The molecule has 1 aromatic heterocycles. The first-order chi connectivity index (χ1) is 12.8. The van der Waals surface area contributed by atoms with Gasteiger partial charge in [0.05, 0.1) is 11.0 Å². The molecule has 26 heavy (non-hydrogen) atoms. The molecule has 0 aliphatic heterocycles. The first kappa shape index (κ1) is 14.9. The van der Waals surface area contributed by atoms with Gasteiger partial charge in [0.2, 0.25) is 0 Å². The molecule has 0 radical (unpaired) electrons. The number of aromatic nitrogens is 2. The van der Waals surface area contributed by atoms with Crippen molar-refractivity contribution in [3.05, 3.63) is 96.1 Å². The second kappa shape index (κ2) is 5.57. The van der Waals surface area contributed by atoms with Crippen molar-refractivity contribution < 1.29 is 0 Å². The molecule has 0 saturated heterocycles. The minimum atomic E-state index is 0.966. The van der Waals surface area contributed by atoms with Crippen molar-refractivity contribution in [1.82, 2.24) is 9.55 Å². The van der Waals surface area contributed by atoms with Crippen molar-refractivity contribution in [3.8, 4) is 17.1 Å². The minimum Gasteiger partial charge on any atom is -0.292 e. The first-order valence-corrected chi connectivity index (χ1v) is 8.82. The van der Waals surface area contributed by atoms with Crippen LogP contribution in [-0.2, 0) is 0 Å². The van der Waals surface area contributed by atoms with Crippen LogP contribution in [0.1, 0.15) is 23.6 Å². The fourth-order valence-electron chi connectivity index (χ4n) is 3.71. The standard InChI is InChI=1S/C24H18N2/c1-3-9-19-20(15-14-18-16(2)23(18)19)24-25-21-12-7-8-13-22(21)26(24)17-10-5-4-6-11-17/h3-15H,2H2,1H3. The van der Waals surface area contributed by atoms with Gasteiger partial charge < -0.3 is 0 Å². The molecule has 1 aliphatic carbocycles. The second-order valence-corrected chi connectivity index (χ2v) is 6.52. The van der Waals surface area contributed by atoms with Crippen LogP contribution < -0.4 is 0 Å². The van der Waals surface area contributed by atoms with Gasteiger partial charge in [-0.3, -0.25) is 4.57 Å². The van der Waals surface area contributed by atoms with Gasteiger partial charge in [0, 0.05) is 11.3 Å². The Labute approximate surface area is 152 Å². The highest BCUT2D eigenvalue weighted by atomic mass is 15.1. The van der Waals surface area contributed by atoms with Crippen molar-refractivity contribution in [1.29, 1.82) is 0 Å². The third-order valence-electron chi connectivity index (χ3n) is 4.96. The van der Waals surface area contributed by atoms with Crippen molar-refractivity contribution in [2.24, 2.45) is 0 Å². The van der Waals surface area contributed by atoms with E-state index in [0.717, 1.165) is 33.7 Å². The molecule has 0 atom stereocenters. The average molecular weight is 334 g/mol. The Balaban J connectivity index is 1.86. The van der Waals surface area contributed by atoms with Crippen LogP contribution in [0.15, 0.2) is 79.4 Å². The van der Waals surface area contributed by atoms with Crippen LogP contribution in [-0.4, -0.2) is 9.55 Å². The smallest absolute Gasteiger partial charge is 0.146 e. The fraction of sp³-hybridized carbons (Fsp3) is 0.0417. The van der Waals surface area contributed by atoms with Gasteiger partial charge in [-0.2, -0.15) is 0 Å². The van der Waals surface area contributed by atoms with Crippen molar-refractivity contribution >= 4 is 22.7 Å². The summed E-state index contributed by atoms with van der Waals surface area (Å²) in [4.78, 5) is 4.99. The van der Waals surface area contributed by atoms with E-state index in [1.54, 1.807) is 0 Å². The van der Waals surface area contributed by atoms with E-state index in [2.05, 4.69) is 84.8 Å². The van der Waals surface area contributed by atoms with Crippen molar-refractivity contribution in [2.45, 2.75) is 6.92 Å². The highest BCUT2D eigenvalue weighted by Gasteiger charge is 2.29. The number of imidazole rings is 1. The number of benzene rings is 3. The van der Waals surface area contributed by atoms with Crippen LogP contribution in [0.25, 0.3) is 39.8 Å². The molecule has 0 N–H and O–H groups in total. The third-order valence-corrected chi connectivity index (χ3v) is 4.96. The van der Waals surface area contributed by atoms with Crippen molar-refractivity contribution in [2.75, 3.05) is 0 Å². The van der Waals surface area contributed by atoms with Crippen molar-refractivity contribution in [3.63, 3.8) is 0 Å². The summed E-state index contributed by atoms with van der Waals surface area (Å²) >= 11 is 0. The molecule has 0 fully saturated rings. The molecule has 2 nitrogen and oxygen atoms in total. The Morgan fingerprint density at radius 2 is 1.62 bits per heavy atom. The molecule has 2 heteroatoms. The van der Waals surface area contributed by atoms with Crippen LogP contribution >= 0.6 is 0 Å². The van der Waals surface area contributed by atoms with E-state index in [1.165, 1.54) is 16.7 Å². The van der Waals surface area contributed by atoms with Crippen LogP contribution in [0.2, 0.25) is 0 Å². The molecule has 5 rings (SSSR count). The maximum absolute atomic E-state index is 4.99. The number of nitrogens with zero attached hydrogens (tertiary/aromatic N) is 2. The van der Waals surface area contributed by atoms with Gasteiger partial charge in [-0.05, 0) is 59.5 Å². The Morgan fingerprint density at radius 1 is 0.885 bits per heavy atom. The quantitative estimate of drug-likeness (QED) is 0.390. The highest BCUT2D eigenvalue weighted by Crippen LogP contribution is 2.47. The van der Waals surface area contributed by atoms with Crippen LogP contribution in [0, 0.1) is 0 Å². The Morgan fingerprint density at radius 3 is 2.42 bits per heavy atom. The number of hydrogen-bond acceptors (Lipinski definition) is 1. The number of allylic oxidation sites excluding steroid dienone is 1. The van der Waals surface area contributed by atoms with E-state index >= 15 is 0 Å². The minimum absolute atomic E-state index is 0.966. The topological polar surface area (TPSA) is 17.8 Å². The maximum atomic E-state index is 4.99. The van der Waals surface area contributed by atoms with Gasteiger partial charge >= 0.3 is 0 Å². The molecule has 0 bridgehead atoms. The molecule has 0 unspecified atom stereocenters. The largest absolute Gasteiger partial charge is 0.292 e. The van der Waals surface area contributed by atoms with Gasteiger partial charge in [0.1, 0.15) is 5.82 Å². The van der Waals surface area contributed by atoms with Gasteiger partial charge in [-0.25, -0.2) is 4.98 Å². The van der Waals surface area contributed by atoms with Gasteiger partial charge in [-0.1, -0.05) is 55.1 Å². The normalized spacial score (nSPS) is 12.7. The van der Waals surface area contributed by atoms with Gasteiger partial charge in [0.25, 0.3) is 0 Å². The van der Waals surface area contributed by atoms with Crippen LogP contribution in [0.4, 0.5) is 0 Å². The fourth-order valence-corrected chi connectivity index (χ4v) is 3.71. The van der Waals surface area contributed by atoms with Gasteiger partial charge in [0.15, 0.2) is 0 Å². The Bertz CT molecular complexity index is 1190. The molecule has 124 valence electrons. The molecular formula is C24H18N2. The van der Waals surface area contributed by atoms with Crippen LogP contribution in [0.3, 0.4) is 0 Å². The molecule has 0 amide bonds. The lowest BCUT2D eigenvalue weighted by Gasteiger charge is -2.11. The molecule has 0 saturated carbocycles. The van der Waals surface area contributed by atoms with E-state index in [1.807, 2.05) is 12.1 Å². The van der Waals surface area contributed by atoms with E-state index in [9.17, 15) is 0 Å². The monoisotopic (exact) mass is 334 g/mol. The summed E-state index contributed by atoms with van der Waals surface area (Å²) in [5.74, 6) is 0.966. The zero-order chi connectivity index (χ0) is 17.7. The summed E-state index contributed by atoms with van der Waals surface area (Å²) in [6.45, 7) is 6.22. The Hall–Kier alpha value is -3.39.